The molecule has 0 aliphatic rings. The molecule has 0 bridgehead atoms. The molecule has 0 aliphatic heterocycles. The predicted octanol–water partition coefficient (Wildman–Crippen LogP) is 1.33. The van der Waals surface area contributed by atoms with E-state index in [1.54, 1.807) is 0 Å². The number of hydrogen-bond acceptors (Lipinski definition) is 2. The lowest BCUT2D eigenvalue weighted by atomic mass is 10.3. The molecule has 3 N–H and O–H groups in total. The molecule has 0 unspecified atom stereocenters. The van der Waals surface area contributed by atoms with Gasteiger partial charge in [-0.1, -0.05) is 0 Å². The molecule has 0 amide bonds. The highest BCUT2D eigenvalue weighted by atomic mass is 14.9. The Morgan fingerprint density at radius 1 is 1.50 bits per heavy atom. The van der Waals surface area contributed by atoms with Crippen LogP contribution in [0.1, 0.15) is 11.4 Å². The molecule has 0 saturated carbocycles. The number of fused-ring (bicyclic) bond motifs is 1. The number of aromatic nitrogens is 2. The van der Waals surface area contributed by atoms with Crippen molar-refractivity contribution in [3.8, 4) is 0 Å². The van der Waals surface area contributed by atoms with E-state index in [1.165, 1.54) is 0 Å². The zero-order valence-electron chi connectivity index (χ0n) is 6.96. The summed E-state index contributed by atoms with van der Waals surface area (Å²) in [5, 5.41) is 1.14. The van der Waals surface area contributed by atoms with Crippen molar-refractivity contribution in [2.45, 2.75) is 13.5 Å². The van der Waals surface area contributed by atoms with Gasteiger partial charge in [-0.15, -0.1) is 0 Å². The third kappa shape index (κ3) is 1.08. The average molecular weight is 161 g/mol. The molecule has 0 saturated heterocycles. The molecule has 2 heterocycles. The molecule has 2 rings (SSSR count). The van der Waals surface area contributed by atoms with Gasteiger partial charge in [-0.3, -0.25) is 0 Å². The number of H-pyrrole nitrogens is 1. The van der Waals surface area contributed by atoms with Crippen LogP contribution in [0.15, 0.2) is 18.2 Å². The van der Waals surface area contributed by atoms with Crippen LogP contribution in [0, 0.1) is 6.92 Å². The third-order valence-corrected chi connectivity index (χ3v) is 1.88. The highest BCUT2D eigenvalue weighted by molar-refractivity contribution is 5.76. The van der Waals surface area contributed by atoms with Gasteiger partial charge in [0.2, 0.25) is 0 Å². The number of rotatable bonds is 1. The molecule has 2 aromatic heterocycles. The van der Waals surface area contributed by atoms with Gasteiger partial charge in [-0.05, 0) is 25.1 Å². The van der Waals surface area contributed by atoms with Crippen molar-refractivity contribution >= 4 is 11.0 Å². The Kier molecular flexibility index (Phi) is 1.59. The first-order chi connectivity index (χ1) is 5.79. The van der Waals surface area contributed by atoms with Gasteiger partial charge >= 0.3 is 0 Å². The molecule has 0 spiro atoms. The molecule has 0 fully saturated rings. The van der Waals surface area contributed by atoms with Crippen molar-refractivity contribution in [1.82, 2.24) is 9.97 Å². The molecule has 0 aromatic carbocycles. The minimum Gasteiger partial charge on any atom is -0.344 e. The fourth-order valence-corrected chi connectivity index (χ4v) is 1.30. The first-order valence-corrected chi connectivity index (χ1v) is 3.95. The number of nitrogens with one attached hydrogen (secondary N) is 1. The highest BCUT2D eigenvalue weighted by Gasteiger charge is 1.98. The number of hydrogen-bond donors (Lipinski definition) is 2. The Morgan fingerprint density at radius 2 is 2.33 bits per heavy atom. The van der Waals surface area contributed by atoms with Gasteiger partial charge in [0.05, 0.1) is 5.69 Å². The van der Waals surface area contributed by atoms with Gasteiger partial charge in [0.15, 0.2) is 0 Å². The van der Waals surface area contributed by atoms with Crippen LogP contribution < -0.4 is 5.73 Å². The topological polar surface area (TPSA) is 54.7 Å². The summed E-state index contributed by atoms with van der Waals surface area (Å²) in [6, 6.07) is 6.06. The van der Waals surface area contributed by atoms with E-state index in [4.69, 9.17) is 5.73 Å². The molecular weight excluding hydrogens is 150 g/mol. The summed E-state index contributed by atoms with van der Waals surface area (Å²) >= 11 is 0. The van der Waals surface area contributed by atoms with Crippen LogP contribution in [0.2, 0.25) is 0 Å². The van der Waals surface area contributed by atoms with Crippen LogP contribution in [0.3, 0.4) is 0 Å². The molecule has 3 heteroatoms. The number of aromatic amines is 1. The van der Waals surface area contributed by atoms with Crippen molar-refractivity contribution in [2.24, 2.45) is 5.73 Å². The van der Waals surface area contributed by atoms with Crippen molar-refractivity contribution < 1.29 is 0 Å². The number of nitrogens with two attached hydrogens (primary N) is 1. The lowest BCUT2D eigenvalue weighted by Gasteiger charge is -1.94. The van der Waals surface area contributed by atoms with Crippen LogP contribution in [-0.2, 0) is 6.54 Å². The van der Waals surface area contributed by atoms with Crippen LogP contribution in [0.4, 0.5) is 0 Å². The summed E-state index contributed by atoms with van der Waals surface area (Å²) in [6.45, 7) is 2.51. The van der Waals surface area contributed by atoms with Crippen molar-refractivity contribution in [1.29, 1.82) is 0 Å². The van der Waals surface area contributed by atoms with E-state index in [1.807, 2.05) is 19.1 Å². The van der Waals surface area contributed by atoms with Crippen LogP contribution in [0.25, 0.3) is 11.0 Å². The second-order valence-corrected chi connectivity index (χ2v) is 2.90. The molecule has 2 aromatic rings. The summed E-state index contributed by atoms with van der Waals surface area (Å²) in [5.74, 6) is 0. The van der Waals surface area contributed by atoms with Crippen LogP contribution in [-0.4, -0.2) is 9.97 Å². The van der Waals surface area contributed by atoms with E-state index in [0.29, 0.717) is 6.54 Å². The summed E-state index contributed by atoms with van der Waals surface area (Å²) in [7, 11) is 0. The normalized spacial score (nSPS) is 10.8. The molecule has 0 aliphatic carbocycles. The van der Waals surface area contributed by atoms with E-state index in [-0.39, 0.29) is 0 Å². The minimum absolute atomic E-state index is 0.494. The first kappa shape index (κ1) is 7.31. The minimum atomic E-state index is 0.494. The van der Waals surface area contributed by atoms with E-state index < -0.39 is 0 Å². The van der Waals surface area contributed by atoms with Gasteiger partial charge in [-0.25, -0.2) is 4.98 Å². The Balaban J connectivity index is 2.66. The molecule has 12 heavy (non-hydrogen) atoms. The summed E-state index contributed by atoms with van der Waals surface area (Å²) in [5.41, 5.74) is 8.45. The smallest absolute Gasteiger partial charge is 0.137 e. The average Bonchev–Trinajstić information content (AvgIpc) is 2.43. The lowest BCUT2D eigenvalue weighted by molar-refractivity contribution is 1.00. The SMILES string of the molecule is Cc1cc2ccc(CN)nc2[nH]1. The van der Waals surface area contributed by atoms with Crippen LogP contribution in [0.5, 0.6) is 0 Å². The van der Waals surface area contributed by atoms with Crippen LogP contribution >= 0.6 is 0 Å². The van der Waals surface area contributed by atoms with Gasteiger partial charge in [0.25, 0.3) is 0 Å². The maximum Gasteiger partial charge on any atom is 0.137 e. The second kappa shape index (κ2) is 2.60. The molecule has 62 valence electrons. The fourth-order valence-electron chi connectivity index (χ4n) is 1.30. The van der Waals surface area contributed by atoms with E-state index in [0.717, 1.165) is 22.4 Å². The molecule has 0 atom stereocenters. The summed E-state index contributed by atoms with van der Waals surface area (Å²) < 4.78 is 0. The van der Waals surface area contributed by atoms with Gasteiger partial charge in [0, 0.05) is 17.6 Å². The Labute approximate surface area is 70.6 Å². The zero-order valence-corrected chi connectivity index (χ0v) is 6.96. The molecular formula is C9H11N3. The number of aryl methyl sites for hydroxylation is 1. The Morgan fingerprint density at radius 3 is 3.08 bits per heavy atom. The van der Waals surface area contributed by atoms with E-state index in [2.05, 4.69) is 16.0 Å². The maximum absolute atomic E-state index is 5.47. The predicted molar refractivity (Wildman–Crippen MR) is 48.7 cm³/mol. The molecule has 0 radical (unpaired) electrons. The second-order valence-electron chi connectivity index (χ2n) is 2.90. The van der Waals surface area contributed by atoms with Gasteiger partial charge < -0.3 is 10.7 Å². The monoisotopic (exact) mass is 161 g/mol. The van der Waals surface area contributed by atoms with Gasteiger partial charge in [-0.2, -0.15) is 0 Å². The van der Waals surface area contributed by atoms with E-state index in [9.17, 15) is 0 Å². The van der Waals surface area contributed by atoms with Crippen molar-refractivity contribution in [2.75, 3.05) is 0 Å². The standard InChI is InChI=1S/C9H11N3/c1-6-4-7-2-3-8(5-10)12-9(7)11-6/h2-4H,5,10H2,1H3,(H,11,12). The van der Waals surface area contributed by atoms with Crippen molar-refractivity contribution in [3.05, 3.63) is 29.6 Å². The molecule has 3 nitrogen and oxygen atoms in total. The zero-order chi connectivity index (χ0) is 8.55. The Bertz CT molecular complexity index is 403. The first-order valence-electron chi connectivity index (χ1n) is 3.95. The van der Waals surface area contributed by atoms with Crippen molar-refractivity contribution in [3.63, 3.8) is 0 Å². The largest absolute Gasteiger partial charge is 0.344 e. The fraction of sp³-hybridized carbons (Fsp3) is 0.222. The van der Waals surface area contributed by atoms with Gasteiger partial charge in [0.1, 0.15) is 5.65 Å². The quantitative estimate of drug-likeness (QED) is 0.663. The highest BCUT2D eigenvalue weighted by Crippen LogP contribution is 2.12. The summed E-state index contributed by atoms with van der Waals surface area (Å²) in [6.07, 6.45) is 0. The third-order valence-electron chi connectivity index (χ3n) is 1.88. The number of pyridine rings is 1. The number of nitrogens with zero attached hydrogens (tertiary/aromatic N) is 1. The van der Waals surface area contributed by atoms with E-state index >= 15 is 0 Å². The summed E-state index contributed by atoms with van der Waals surface area (Å²) in [4.78, 5) is 7.50. The maximum atomic E-state index is 5.47. The Hall–Kier alpha value is -1.35. The lowest BCUT2D eigenvalue weighted by Crippen LogP contribution is -1.98.